The predicted octanol–water partition coefficient (Wildman–Crippen LogP) is 4.70. The van der Waals surface area contributed by atoms with Gasteiger partial charge in [-0.25, -0.2) is 13.2 Å². The molecule has 1 amide bonds. The lowest BCUT2D eigenvalue weighted by atomic mass is 9.86. The Bertz CT molecular complexity index is 1060. The highest BCUT2D eigenvalue weighted by atomic mass is 19.3. The first kappa shape index (κ1) is 23.0. The van der Waals surface area contributed by atoms with E-state index in [-0.39, 0.29) is 49.4 Å². The first-order valence-corrected chi connectivity index (χ1v) is 11.1. The molecule has 1 atom stereocenters. The van der Waals surface area contributed by atoms with E-state index < -0.39 is 11.6 Å². The van der Waals surface area contributed by atoms with Crippen molar-refractivity contribution in [2.75, 3.05) is 0 Å². The number of halogens is 3. The molecule has 1 aromatic carbocycles. The van der Waals surface area contributed by atoms with Crippen LogP contribution in [0.15, 0.2) is 65.6 Å². The molecule has 2 N–H and O–H groups in total. The summed E-state index contributed by atoms with van der Waals surface area (Å²) in [7, 11) is 0. The van der Waals surface area contributed by atoms with E-state index in [1.165, 1.54) is 12.1 Å². The molecule has 2 heterocycles. The minimum absolute atomic E-state index is 0.0453. The topological polar surface area (TPSA) is 66.4 Å². The summed E-state index contributed by atoms with van der Waals surface area (Å²) in [6.07, 6.45) is 4.86. The first-order valence-electron chi connectivity index (χ1n) is 11.1. The predicted molar refractivity (Wildman–Crippen MR) is 120 cm³/mol. The van der Waals surface area contributed by atoms with Gasteiger partial charge in [-0.05, 0) is 42.7 Å². The second-order valence-electron chi connectivity index (χ2n) is 8.94. The Balaban J connectivity index is 1.68. The highest BCUT2D eigenvalue weighted by Crippen LogP contribution is 2.36. The number of carbonyl (C=O) groups excluding carboxylic acids is 1. The minimum Gasteiger partial charge on any atom is -0.363 e. The third-order valence-corrected chi connectivity index (χ3v) is 6.33. The Morgan fingerprint density at radius 2 is 1.85 bits per heavy atom. The van der Waals surface area contributed by atoms with Crippen molar-refractivity contribution in [3.05, 3.63) is 77.5 Å². The maximum Gasteiger partial charge on any atom is 0.255 e. The molecule has 174 valence electrons. The summed E-state index contributed by atoms with van der Waals surface area (Å²) >= 11 is 0. The molecule has 0 radical (unpaired) electrons. The van der Waals surface area contributed by atoms with Crippen molar-refractivity contribution in [3.63, 3.8) is 0 Å². The molecular weight excluding hydrogens is 429 g/mol. The van der Waals surface area contributed by atoms with Gasteiger partial charge >= 0.3 is 0 Å². The lowest BCUT2D eigenvalue weighted by molar-refractivity contribution is -0.118. The van der Waals surface area contributed by atoms with Crippen molar-refractivity contribution in [2.45, 2.75) is 57.2 Å². The maximum atomic E-state index is 13.6. The van der Waals surface area contributed by atoms with Gasteiger partial charge in [0.2, 0.25) is 5.92 Å². The zero-order valence-corrected chi connectivity index (χ0v) is 18.6. The normalized spacial score (nSPS) is 22.8. The second kappa shape index (κ2) is 9.00. The van der Waals surface area contributed by atoms with E-state index >= 15 is 0 Å². The molecule has 33 heavy (non-hydrogen) atoms. The molecule has 1 aliphatic heterocycles. The summed E-state index contributed by atoms with van der Waals surface area (Å²) in [4.78, 5) is 22.4. The van der Waals surface area contributed by atoms with Gasteiger partial charge in [-0.2, -0.15) is 0 Å². The van der Waals surface area contributed by atoms with Crippen LogP contribution in [0, 0.1) is 11.7 Å². The molecule has 1 aliphatic carbocycles. The fourth-order valence-electron chi connectivity index (χ4n) is 4.34. The fourth-order valence-corrected chi connectivity index (χ4v) is 4.34. The molecule has 0 spiro atoms. The minimum atomic E-state index is -2.67. The third kappa shape index (κ3) is 4.79. The SMILES string of the molecule is CC(C)C1(c2ccc(F)cc2)N=C(c2cccnc2)C(C(=O)NC2CCC(F)(F)CC2)=CN1. The Morgan fingerprint density at radius 1 is 1.15 bits per heavy atom. The number of hydrogen-bond donors (Lipinski definition) is 2. The van der Waals surface area contributed by atoms with Gasteiger partial charge < -0.3 is 10.6 Å². The molecule has 1 unspecified atom stereocenters. The van der Waals surface area contributed by atoms with Crippen LogP contribution in [0.1, 0.15) is 50.7 Å². The van der Waals surface area contributed by atoms with E-state index in [0.29, 0.717) is 16.8 Å². The highest BCUT2D eigenvalue weighted by molar-refractivity contribution is 6.28. The second-order valence-corrected chi connectivity index (χ2v) is 8.94. The Hall–Kier alpha value is -3.16. The van der Waals surface area contributed by atoms with Crippen LogP contribution < -0.4 is 10.6 Å². The van der Waals surface area contributed by atoms with Crippen LogP contribution >= 0.6 is 0 Å². The summed E-state index contributed by atoms with van der Waals surface area (Å²) in [6, 6.07) is 9.36. The van der Waals surface area contributed by atoms with Crippen molar-refractivity contribution in [1.82, 2.24) is 15.6 Å². The third-order valence-electron chi connectivity index (χ3n) is 6.33. The Morgan fingerprint density at radius 3 is 2.45 bits per heavy atom. The van der Waals surface area contributed by atoms with Gasteiger partial charge in [-0.1, -0.05) is 26.0 Å². The standard InChI is InChI=1S/C25H27F3N4O/c1-16(2)25(18-5-7-19(26)8-6-18)30-15-21(22(32-25)17-4-3-13-29-14-17)23(33)31-20-9-11-24(27,28)12-10-20/h3-8,13-16,20,30H,9-12H2,1-2H3,(H,31,33). The molecule has 2 aliphatic rings. The van der Waals surface area contributed by atoms with Crippen LogP contribution in [0.3, 0.4) is 0 Å². The van der Waals surface area contributed by atoms with Crippen LogP contribution in [-0.4, -0.2) is 28.6 Å². The van der Waals surface area contributed by atoms with E-state index in [4.69, 9.17) is 4.99 Å². The molecule has 1 saturated carbocycles. The van der Waals surface area contributed by atoms with Gasteiger partial charge in [0.25, 0.3) is 5.91 Å². The van der Waals surface area contributed by atoms with Crippen molar-refractivity contribution in [1.29, 1.82) is 0 Å². The summed E-state index contributed by atoms with van der Waals surface area (Å²) < 4.78 is 40.6. The molecule has 2 aromatic rings. The van der Waals surface area contributed by atoms with Gasteiger partial charge in [0, 0.05) is 49.0 Å². The zero-order valence-electron chi connectivity index (χ0n) is 18.6. The van der Waals surface area contributed by atoms with E-state index in [2.05, 4.69) is 15.6 Å². The van der Waals surface area contributed by atoms with Gasteiger partial charge in [-0.15, -0.1) is 0 Å². The number of nitrogens with one attached hydrogen (secondary N) is 2. The average Bonchev–Trinajstić information content (AvgIpc) is 2.81. The monoisotopic (exact) mass is 456 g/mol. The first-order chi connectivity index (χ1) is 15.7. The maximum absolute atomic E-state index is 13.6. The number of pyridine rings is 1. The molecule has 0 bridgehead atoms. The van der Waals surface area contributed by atoms with E-state index in [1.54, 1.807) is 36.8 Å². The number of rotatable bonds is 5. The van der Waals surface area contributed by atoms with Crippen LogP contribution in [0.4, 0.5) is 13.2 Å². The van der Waals surface area contributed by atoms with Gasteiger partial charge in [0.05, 0.1) is 11.3 Å². The van der Waals surface area contributed by atoms with Crippen LogP contribution in [0.25, 0.3) is 0 Å². The molecule has 8 heteroatoms. The molecule has 4 rings (SSSR count). The van der Waals surface area contributed by atoms with Crippen LogP contribution in [-0.2, 0) is 10.5 Å². The van der Waals surface area contributed by atoms with E-state index in [1.807, 2.05) is 19.9 Å². The average molecular weight is 457 g/mol. The number of carbonyl (C=O) groups is 1. The van der Waals surface area contributed by atoms with Gasteiger partial charge in [0.1, 0.15) is 5.82 Å². The van der Waals surface area contributed by atoms with Crippen molar-refractivity contribution in [2.24, 2.45) is 10.9 Å². The van der Waals surface area contributed by atoms with Crippen LogP contribution in [0.2, 0.25) is 0 Å². The van der Waals surface area contributed by atoms with Gasteiger partial charge in [-0.3, -0.25) is 14.8 Å². The highest BCUT2D eigenvalue weighted by Gasteiger charge is 2.40. The lowest BCUT2D eigenvalue weighted by Gasteiger charge is -2.39. The Kier molecular flexibility index (Phi) is 6.28. The summed E-state index contributed by atoms with van der Waals surface area (Å²) in [5, 5.41) is 6.17. The molecule has 1 fully saturated rings. The summed E-state index contributed by atoms with van der Waals surface area (Å²) in [5.41, 5.74) is 1.24. The Labute approximate surface area is 191 Å². The quantitative estimate of drug-likeness (QED) is 0.686. The van der Waals surface area contributed by atoms with Gasteiger partial charge in [0.15, 0.2) is 5.66 Å². The number of nitrogens with zero attached hydrogens (tertiary/aromatic N) is 2. The number of aliphatic imine (C=N–C) groups is 1. The molecule has 0 saturated heterocycles. The molecule has 5 nitrogen and oxygen atoms in total. The number of amides is 1. The molecular formula is C25H27F3N4O. The van der Waals surface area contributed by atoms with E-state index in [0.717, 1.165) is 5.56 Å². The number of aromatic nitrogens is 1. The van der Waals surface area contributed by atoms with Crippen LogP contribution in [0.5, 0.6) is 0 Å². The number of benzene rings is 1. The van der Waals surface area contributed by atoms with Crippen molar-refractivity contribution < 1.29 is 18.0 Å². The largest absolute Gasteiger partial charge is 0.363 e. The fraction of sp³-hybridized carbons (Fsp3) is 0.400. The van der Waals surface area contributed by atoms with E-state index in [9.17, 15) is 18.0 Å². The van der Waals surface area contributed by atoms with Crippen molar-refractivity contribution >= 4 is 11.6 Å². The lowest BCUT2D eigenvalue weighted by Crippen LogP contribution is -2.49. The number of hydrogen-bond acceptors (Lipinski definition) is 4. The number of alkyl halides is 2. The molecule has 1 aromatic heterocycles. The zero-order chi connectivity index (χ0) is 23.6. The summed E-state index contributed by atoms with van der Waals surface area (Å²) in [6.45, 7) is 3.98. The smallest absolute Gasteiger partial charge is 0.255 e. The van der Waals surface area contributed by atoms with Crippen molar-refractivity contribution in [3.8, 4) is 0 Å². The summed E-state index contributed by atoms with van der Waals surface area (Å²) in [5.74, 6) is -3.44.